The molecule has 7 nitrogen and oxygen atoms in total. The predicted octanol–water partition coefficient (Wildman–Crippen LogP) is -0.160. The third-order valence-electron chi connectivity index (χ3n) is 3.03. The molecule has 2 heterocycles. The molecule has 1 atom stereocenters. The Morgan fingerprint density at radius 1 is 1.50 bits per heavy atom. The SMILES string of the molecule is CN1CCOC(CNC(=O)c2cccc(C(=O)O)n2)C1. The first-order chi connectivity index (χ1) is 9.56. The Labute approximate surface area is 116 Å². The molecule has 1 aliphatic heterocycles. The van der Waals surface area contributed by atoms with E-state index in [4.69, 9.17) is 9.84 Å². The smallest absolute Gasteiger partial charge is 0.354 e. The molecule has 1 saturated heterocycles. The maximum Gasteiger partial charge on any atom is 0.354 e. The van der Waals surface area contributed by atoms with Gasteiger partial charge in [-0.15, -0.1) is 0 Å². The van der Waals surface area contributed by atoms with Gasteiger partial charge in [-0.2, -0.15) is 0 Å². The van der Waals surface area contributed by atoms with Crippen LogP contribution in [0.1, 0.15) is 21.0 Å². The molecule has 0 radical (unpaired) electrons. The highest BCUT2D eigenvalue weighted by Crippen LogP contribution is 2.03. The fourth-order valence-corrected chi connectivity index (χ4v) is 1.97. The number of rotatable bonds is 4. The topological polar surface area (TPSA) is 91.8 Å². The number of pyridine rings is 1. The number of hydrogen-bond acceptors (Lipinski definition) is 5. The fourth-order valence-electron chi connectivity index (χ4n) is 1.97. The van der Waals surface area contributed by atoms with Crippen molar-refractivity contribution in [2.45, 2.75) is 6.10 Å². The summed E-state index contributed by atoms with van der Waals surface area (Å²) < 4.78 is 5.53. The summed E-state index contributed by atoms with van der Waals surface area (Å²) in [6, 6.07) is 4.32. The van der Waals surface area contributed by atoms with Gasteiger partial charge in [-0.1, -0.05) is 6.07 Å². The number of nitrogens with zero attached hydrogens (tertiary/aromatic N) is 2. The number of hydrogen-bond donors (Lipinski definition) is 2. The summed E-state index contributed by atoms with van der Waals surface area (Å²) in [7, 11) is 2.00. The van der Waals surface area contributed by atoms with Crippen molar-refractivity contribution in [3.8, 4) is 0 Å². The molecule has 2 rings (SSSR count). The zero-order valence-corrected chi connectivity index (χ0v) is 11.2. The average molecular weight is 279 g/mol. The largest absolute Gasteiger partial charge is 0.477 e. The van der Waals surface area contributed by atoms with Gasteiger partial charge in [0.05, 0.1) is 12.7 Å². The van der Waals surface area contributed by atoms with E-state index in [0.29, 0.717) is 13.2 Å². The van der Waals surface area contributed by atoms with E-state index < -0.39 is 11.9 Å². The Kier molecular flexibility index (Phi) is 4.65. The summed E-state index contributed by atoms with van der Waals surface area (Å²) in [4.78, 5) is 28.6. The van der Waals surface area contributed by atoms with Gasteiger partial charge in [0.2, 0.25) is 0 Å². The number of carboxylic acid groups (broad SMARTS) is 1. The van der Waals surface area contributed by atoms with E-state index in [1.165, 1.54) is 18.2 Å². The van der Waals surface area contributed by atoms with Gasteiger partial charge in [0.15, 0.2) is 0 Å². The number of carbonyl (C=O) groups is 2. The molecule has 1 aliphatic rings. The van der Waals surface area contributed by atoms with Crippen LogP contribution in [0.5, 0.6) is 0 Å². The number of ether oxygens (including phenoxy) is 1. The number of likely N-dealkylation sites (N-methyl/N-ethyl adjacent to an activating group) is 1. The molecule has 1 aromatic heterocycles. The van der Waals surface area contributed by atoms with E-state index in [1.807, 2.05) is 7.05 Å². The van der Waals surface area contributed by atoms with Crippen molar-refractivity contribution < 1.29 is 19.4 Å². The summed E-state index contributed by atoms with van der Waals surface area (Å²) in [5, 5.41) is 11.5. The predicted molar refractivity (Wildman–Crippen MR) is 70.8 cm³/mol. The fraction of sp³-hybridized carbons (Fsp3) is 0.462. The Morgan fingerprint density at radius 2 is 2.25 bits per heavy atom. The highest BCUT2D eigenvalue weighted by Gasteiger charge is 2.19. The van der Waals surface area contributed by atoms with E-state index in [-0.39, 0.29) is 17.5 Å². The Hall–Kier alpha value is -1.99. The van der Waals surface area contributed by atoms with Crippen molar-refractivity contribution >= 4 is 11.9 Å². The second-order valence-corrected chi connectivity index (χ2v) is 4.68. The Balaban J connectivity index is 1.91. The first-order valence-corrected chi connectivity index (χ1v) is 6.35. The molecular weight excluding hydrogens is 262 g/mol. The molecule has 0 aromatic carbocycles. The number of carboxylic acids is 1. The summed E-state index contributed by atoms with van der Waals surface area (Å²) in [5.74, 6) is -1.55. The number of carbonyl (C=O) groups excluding carboxylic acids is 1. The molecule has 2 N–H and O–H groups in total. The number of amides is 1. The van der Waals surface area contributed by atoms with Gasteiger partial charge in [-0.25, -0.2) is 9.78 Å². The molecule has 1 fully saturated rings. The van der Waals surface area contributed by atoms with Crippen molar-refractivity contribution in [2.24, 2.45) is 0 Å². The molecule has 0 bridgehead atoms. The van der Waals surface area contributed by atoms with Crippen molar-refractivity contribution in [3.05, 3.63) is 29.6 Å². The van der Waals surface area contributed by atoms with E-state index in [0.717, 1.165) is 13.1 Å². The van der Waals surface area contributed by atoms with Crippen molar-refractivity contribution in [1.82, 2.24) is 15.2 Å². The van der Waals surface area contributed by atoms with Crippen LogP contribution in [0.2, 0.25) is 0 Å². The quantitative estimate of drug-likeness (QED) is 0.795. The van der Waals surface area contributed by atoms with Gasteiger partial charge in [-0.05, 0) is 19.2 Å². The van der Waals surface area contributed by atoms with Crippen LogP contribution in [0.25, 0.3) is 0 Å². The van der Waals surface area contributed by atoms with E-state index in [1.54, 1.807) is 0 Å². The number of aromatic carboxylic acids is 1. The maximum absolute atomic E-state index is 11.9. The van der Waals surface area contributed by atoms with Gasteiger partial charge in [0.1, 0.15) is 11.4 Å². The molecule has 7 heteroatoms. The lowest BCUT2D eigenvalue weighted by Crippen LogP contribution is -2.46. The van der Waals surface area contributed by atoms with Crippen molar-refractivity contribution in [2.75, 3.05) is 33.3 Å². The van der Waals surface area contributed by atoms with Crippen LogP contribution in [0.3, 0.4) is 0 Å². The van der Waals surface area contributed by atoms with Gasteiger partial charge in [-0.3, -0.25) is 4.79 Å². The molecule has 20 heavy (non-hydrogen) atoms. The normalized spacial score (nSPS) is 19.6. The van der Waals surface area contributed by atoms with Crippen molar-refractivity contribution in [3.63, 3.8) is 0 Å². The molecule has 1 amide bonds. The van der Waals surface area contributed by atoms with Crippen molar-refractivity contribution in [1.29, 1.82) is 0 Å². The summed E-state index contributed by atoms with van der Waals surface area (Å²) in [5.41, 5.74) is -0.0552. The van der Waals surface area contributed by atoms with Crippen LogP contribution in [0.15, 0.2) is 18.2 Å². The number of aromatic nitrogens is 1. The lowest BCUT2D eigenvalue weighted by atomic mass is 10.2. The molecule has 1 aromatic rings. The highest BCUT2D eigenvalue weighted by atomic mass is 16.5. The Morgan fingerprint density at radius 3 is 2.95 bits per heavy atom. The highest BCUT2D eigenvalue weighted by molar-refractivity contribution is 5.94. The second kappa shape index (κ2) is 6.44. The molecule has 0 aliphatic carbocycles. The van der Waals surface area contributed by atoms with Gasteiger partial charge >= 0.3 is 5.97 Å². The van der Waals surface area contributed by atoms with E-state index in [9.17, 15) is 9.59 Å². The van der Waals surface area contributed by atoms with Crippen LogP contribution in [-0.2, 0) is 4.74 Å². The monoisotopic (exact) mass is 279 g/mol. The molecule has 1 unspecified atom stereocenters. The Bertz CT molecular complexity index is 506. The number of morpholine rings is 1. The van der Waals surface area contributed by atoms with Crippen LogP contribution in [0, 0.1) is 0 Å². The van der Waals surface area contributed by atoms with Crippen LogP contribution in [0.4, 0.5) is 0 Å². The summed E-state index contributed by atoms with van der Waals surface area (Å²) in [6.07, 6.45) is -0.0552. The first-order valence-electron chi connectivity index (χ1n) is 6.35. The summed E-state index contributed by atoms with van der Waals surface area (Å²) in [6.45, 7) is 2.65. The third-order valence-corrected chi connectivity index (χ3v) is 3.03. The van der Waals surface area contributed by atoms with E-state index >= 15 is 0 Å². The maximum atomic E-state index is 11.9. The minimum absolute atomic E-state index is 0.0552. The lowest BCUT2D eigenvalue weighted by molar-refractivity contribution is -0.0175. The average Bonchev–Trinajstić information content (AvgIpc) is 2.45. The first kappa shape index (κ1) is 14.4. The van der Waals surface area contributed by atoms with Gasteiger partial charge < -0.3 is 20.1 Å². The standard InChI is InChI=1S/C13H17N3O4/c1-16-5-6-20-9(8-16)7-14-12(17)10-3-2-4-11(15-10)13(18)19/h2-4,9H,5-8H2,1H3,(H,14,17)(H,18,19). The van der Waals surface area contributed by atoms with Gasteiger partial charge in [0.25, 0.3) is 5.91 Å². The van der Waals surface area contributed by atoms with Crippen LogP contribution < -0.4 is 5.32 Å². The zero-order chi connectivity index (χ0) is 14.5. The third kappa shape index (κ3) is 3.75. The molecule has 108 valence electrons. The molecule has 0 spiro atoms. The van der Waals surface area contributed by atoms with Gasteiger partial charge in [0, 0.05) is 19.6 Å². The van der Waals surface area contributed by atoms with Crippen LogP contribution >= 0.6 is 0 Å². The molecular formula is C13H17N3O4. The second-order valence-electron chi connectivity index (χ2n) is 4.68. The summed E-state index contributed by atoms with van der Waals surface area (Å²) >= 11 is 0. The van der Waals surface area contributed by atoms with Crippen LogP contribution in [-0.4, -0.2) is 66.3 Å². The molecule has 0 saturated carbocycles. The minimum atomic E-state index is -1.16. The van der Waals surface area contributed by atoms with E-state index in [2.05, 4.69) is 15.2 Å². The zero-order valence-electron chi connectivity index (χ0n) is 11.2. The minimum Gasteiger partial charge on any atom is -0.477 e. The number of nitrogens with one attached hydrogen (secondary N) is 1. The lowest BCUT2D eigenvalue weighted by Gasteiger charge is -2.30.